The molecule has 4 aromatic carbocycles. The highest BCUT2D eigenvalue weighted by molar-refractivity contribution is 5.87. The van der Waals surface area contributed by atoms with E-state index < -0.39 is 0 Å². The van der Waals surface area contributed by atoms with Crippen LogP contribution in [0.4, 0.5) is 0 Å². The van der Waals surface area contributed by atoms with Gasteiger partial charge in [0.15, 0.2) is 0 Å². The Labute approximate surface area is 161 Å². The zero-order valence-corrected chi connectivity index (χ0v) is 15.7. The van der Waals surface area contributed by atoms with Gasteiger partial charge in [0, 0.05) is 0 Å². The largest absolute Gasteiger partial charge is 0.0716 e. The molecule has 27 heavy (non-hydrogen) atoms. The molecule has 0 N–H and O–H groups in total. The molecule has 0 unspecified atom stereocenters. The van der Waals surface area contributed by atoms with Crippen molar-refractivity contribution in [2.45, 2.75) is 19.3 Å². The Hall–Kier alpha value is -3.12. The summed E-state index contributed by atoms with van der Waals surface area (Å²) in [7, 11) is 0. The van der Waals surface area contributed by atoms with Crippen LogP contribution in [0.25, 0.3) is 11.1 Å². The number of hydrogen-bond acceptors (Lipinski definition) is 0. The summed E-state index contributed by atoms with van der Waals surface area (Å²) in [5.74, 6) is 0. The molecule has 0 heteroatoms. The van der Waals surface area contributed by atoms with Crippen LogP contribution in [0.1, 0.15) is 33.4 Å². The fraction of sp³-hybridized carbons (Fsp3) is 0.111. The van der Waals surface area contributed by atoms with E-state index in [1.165, 1.54) is 44.5 Å². The number of rotatable bonds is 2. The Kier molecular flexibility index (Phi) is 3.55. The van der Waals surface area contributed by atoms with E-state index in [0.29, 0.717) is 0 Å². The second-order valence-corrected chi connectivity index (χ2v) is 7.53. The summed E-state index contributed by atoms with van der Waals surface area (Å²) in [6, 6.07) is 35.6. The molecule has 0 spiro atoms. The zero-order valence-electron chi connectivity index (χ0n) is 15.7. The van der Waals surface area contributed by atoms with E-state index in [1.807, 2.05) is 0 Å². The maximum atomic E-state index is 2.38. The summed E-state index contributed by atoms with van der Waals surface area (Å²) >= 11 is 0. The van der Waals surface area contributed by atoms with Crippen LogP contribution in [-0.4, -0.2) is 0 Å². The van der Waals surface area contributed by atoms with Gasteiger partial charge in [-0.2, -0.15) is 0 Å². The second kappa shape index (κ2) is 5.96. The molecule has 0 atom stereocenters. The first-order valence-corrected chi connectivity index (χ1v) is 9.55. The molecule has 0 saturated heterocycles. The molecular weight excluding hydrogens is 324 g/mol. The van der Waals surface area contributed by atoms with Gasteiger partial charge in [0.1, 0.15) is 0 Å². The predicted molar refractivity (Wildman–Crippen MR) is 113 cm³/mol. The van der Waals surface area contributed by atoms with Crippen molar-refractivity contribution >= 4 is 0 Å². The second-order valence-electron chi connectivity index (χ2n) is 7.53. The minimum Gasteiger partial charge on any atom is -0.0622 e. The van der Waals surface area contributed by atoms with Gasteiger partial charge in [0.25, 0.3) is 0 Å². The lowest BCUT2D eigenvalue weighted by Gasteiger charge is -2.35. The van der Waals surface area contributed by atoms with Crippen molar-refractivity contribution in [1.29, 1.82) is 0 Å². The number of fused-ring (bicyclic) bond motifs is 3. The predicted octanol–water partition coefficient (Wildman–Crippen LogP) is 6.67. The Balaban J connectivity index is 2.02. The highest BCUT2D eigenvalue weighted by Gasteiger charge is 2.46. The van der Waals surface area contributed by atoms with E-state index in [0.717, 1.165) is 0 Å². The van der Waals surface area contributed by atoms with Crippen molar-refractivity contribution in [3.05, 3.63) is 130 Å². The van der Waals surface area contributed by atoms with Crippen molar-refractivity contribution in [3.63, 3.8) is 0 Å². The Morgan fingerprint density at radius 3 is 1.81 bits per heavy atom. The molecule has 0 aromatic heterocycles. The van der Waals surface area contributed by atoms with Crippen LogP contribution in [0.2, 0.25) is 0 Å². The summed E-state index contributed by atoms with van der Waals surface area (Å²) in [5.41, 5.74) is 10.6. The topological polar surface area (TPSA) is 0 Å². The van der Waals surface area contributed by atoms with Crippen LogP contribution in [0, 0.1) is 13.8 Å². The molecule has 0 fully saturated rings. The average molecular weight is 346 g/mol. The SMILES string of the molecule is Cc1ccc2c(c1)C(c1ccccc1)(c1ccccc1)c1c(C)cccc1-2. The number of benzene rings is 4. The van der Waals surface area contributed by atoms with Crippen molar-refractivity contribution in [1.82, 2.24) is 0 Å². The third-order valence-electron chi connectivity index (χ3n) is 5.93. The van der Waals surface area contributed by atoms with Crippen LogP contribution in [0.5, 0.6) is 0 Å². The van der Waals surface area contributed by atoms with E-state index in [1.54, 1.807) is 0 Å². The Bertz CT molecular complexity index is 1080. The summed E-state index contributed by atoms with van der Waals surface area (Å²) < 4.78 is 0. The maximum absolute atomic E-state index is 2.38. The monoisotopic (exact) mass is 346 g/mol. The lowest BCUT2D eigenvalue weighted by atomic mass is 9.66. The van der Waals surface area contributed by atoms with E-state index in [9.17, 15) is 0 Å². The molecular formula is C27H22. The van der Waals surface area contributed by atoms with E-state index >= 15 is 0 Å². The van der Waals surface area contributed by atoms with Gasteiger partial charge in [-0.15, -0.1) is 0 Å². The van der Waals surface area contributed by atoms with Gasteiger partial charge in [-0.3, -0.25) is 0 Å². The molecule has 130 valence electrons. The first kappa shape index (κ1) is 16.1. The van der Waals surface area contributed by atoms with Gasteiger partial charge < -0.3 is 0 Å². The molecule has 0 heterocycles. The molecule has 1 aliphatic carbocycles. The van der Waals surface area contributed by atoms with E-state index in [-0.39, 0.29) is 5.41 Å². The Morgan fingerprint density at radius 2 is 1.19 bits per heavy atom. The van der Waals surface area contributed by atoms with Crippen LogP contribution in [0.15, 0.2) is 97.1 Å². The lowest BCUT2D eigenvalue weighted by molar-refractivity contribution is 0.761. The molecule has 0 radical (unpaired) electrons. The third-order valence-corrected chi connectivity index (χ3v) is 5.93. The van der Waals surface area contributed by atoms with Crippen LogP contribution >= 0.6 is 0 Å². The number of hydrogen-bond donors (Lipinski definition) is 0. The van der Waals surface area contributed by atoms with E-state index in [2.05, 4.69) is 111 Å². The van der Waals surface area contributed by atoms with Gasteiger partial charge in [-0.1, -0.05) is 103 Å². The normalized spacial score (nSPS) is 13.9. The molecule has 5 rings (SSSR count). The Morgan fingerprint density at radius 1 is 0.556 bits per heavy atom. The van der Waals surface area contributed by atoms with Gasteiger partial charge in [0.2, 0.25) is 0 Å². The van der Waals surface area contributed by atoms with Gasteiger partial charge in [-0.25, -0.2) is 0 Å². The fourth-order valence-corrected chi connectivity index (χ4v) is 4.87. The van der Waals surface area contributed by atoms with Crippen LogP contribution < -0.4 is 0 Å². The van der Waals surface area contributed by atoms with Gasteiger partial charge >= 0.3 is 0 Å². The summed E-state index contributed by atoms with van der Waals surface area (Å²) in [5, 5.41) is 0. The number of aryl methyl sites for hydroxylation is 2. The molecule has 0 amide bonds. The standard InChI is InChI=1S/C27H22/c1-19-16-17-23-24-15-9-10-20(2)26(24)27(25(23)18-19,21-11-5-3-6-12-21)22-13-7-4-8-14-22/h3-18H,1-2H3. The quantitative estimate of drug-likeness (QED) is 0.335. The minimum absolute atomic E-state index is 0.273. The highest BCUT2D eigenvalue weighted by atomic mass is 14.5. The first-order chi connectivity index (χ1) is 13.2. The van der Waals surface area contributed by atoms with Crippen molar-refractivity contribution in [3.8, 4) is 11.1 Å². The van der Waals surface area contributed by atoms with E-state index in [4.69, 9.17) is 0 Å². The minimum atomic E-state index is -0.273. The van der Waals surface area contributed by atoms with Crippen molar-refractivity contribution in [2.24, 2.45) is 0 Å². The molecule has 0 aliphatic heterocycles. The molecule has 4 aromatic rings. The molecule has 0 saturated carbocycles. The highest BCUT2D eigenvalue weighted by Crippen LogP contribution is 2.57. The maximum Gasteiger partial charge on any atom is 0.0716 e. The molecule has 1 aliphatic rings. The smallest absolute Gasteiger partial charge is 0.0622 e. The van der Waals surface area contributed by atoms with Crippen LogP contribution in [0.3, 0.4) is 0 Å². The lowest BCUT2D eigenvalue weighted by Crippen LogP contribution is -2.29. The molecule has 0 bridgehead atoms. The third kappa shape index (κ3) is 2.16. The first-order valence-electron chi connectivity index (χ1n) is 9.55. The van der Waals surface area contributed by atoms with Gasteiger partial charge in [-0.05, 0) is 52.8 Å². The fourth-order valence-electron chi connectivity index (χ4n) is 4.87. The van der Waals surface area contributed by atoms with Crippen LogP contribution in [-0.2, 0) is 5.41 Å². The molecule has 0 nitrogen and oxygen atoms in total. The summed E-state index contributed by atoms with van der Waals surface area (Å²) in [4.78, 5) is 0. The zero-order chi connectivity index (χ0) is 18.4. The van der Waals surface area contributed by atoms with Crippen molar-refractivity contribution in [2.75, 3.05) is 0 Å². The van der Waals surface area contributed by atoms with Crippen molar-refractivity contribution < 1.29 is 0 Å². The summed E-state index contributed by atoms with van der Waals surface area (Å²) in [6.45, 7) is 4.44. The average Bonchev–Trinajstić information content (AvgIpc) is 3.01. The summed E-state index contributed by atoms with van der Waals surface area (Å²) in [6.07, 6.45) is 0. The van der Waals surface area contributed by atoms with Gasteiger partial charge in [0.05, 0.1) is 5.41 Å².